The number of nitrogens with one attached hydrogen (secondary N) is 1. The van der Waals surface area contributed by atoms with Crippen molar-refractivity contribution in [3.8, 4) is 0 Å². The van der Waals surface area contributed by atoms with E-state index in [9.17, 15) is 0 Å². The van der Waals surface area contributed by atoms with Gasteiger partial charge in [-0.2, -0.15) is 0 Å². The molecular formula is C16H19N3S. The lowest BCUT2D eigenvalue weighted by Gasteiger charge is -2.19. The number of aryl methyl sites for hydroxylation is 2. The summed E-state index contributed by atoms with van der Waals surface area (Å²) in [6.07, 6.45) is 1.77. The second kappa shape index (κ2) is 6.01. The number of pyridine rings is 1. The van der Waals surface area contributed by atoms with Gasteiger partial charge >= 0.3 is 0 Å². The highest BCUT2D eigenvalue weighted by molar-refractivity contribution is 7.80. The minimum Gasteiger partial charge on any atom is -0.389 e. The molecule has 3 N–H and O–H groups in total. The smallest absolute Gasteiger partial charge is 0.136 e. The summed E-state index contributed by atoms with van der Waals surface area (Å²) in [7, 11) is 0. The average molecular weight is 285 g/mol. The summed E-state index contributed by atoms with van der Waals surface area (Å²) >= 11 is 5.13. The molecule has 104 valence electrons. The van der Waals surface area contributed by atoms with Crippen LogP contribution >= 0.6 is 12.2 Å². The molecule has 0 amide bonds. The summed E-state index contributed by atoms with van der Waals surface area (Å²) in [6, 6.07) is 10.3. The molecule has 0 aliphatic carbocycles. The molecular weight excluding hydrogens is 266 g/mol. The standard InChI is InChI=1S/C16H19N3S/c1-10-6-4-5-7-13(10)12(3)19-16-14(15(17)20)11(2)8-9-18-16/h4-9,12H,1-3H3,(H2,17,20)(H,18,19). The Balaban J connectivity index is 2.33. The number of hydrogen-bond acceptors (Lipinski definition) is 3. The van der Waals surface area contributed by atoms with Gasteiger partial charge in [-0.05, 0) is 43.5 Å². The normalized spacial score (nSPS) is 11.9. The summed E-state index contributed by atoms with van der Waals surface area (Å²) in [4.78, 5) is 4.75. The third kappa shape index (κ3) is 2.96. The molecule has 3 nitrogen and oxygen atoms in total. The van der Waals surface area contributed by atoms with Crippen LogP contribution in [0.4, 0.5) is 5.82 Å². The molecule has 0 bridgehead atoms. The van der Waals surface area contributed by atoms with E-state index < -0.39 is 0 Å². The summed E-state index contributed by atoms with van der Waals surface area (Å²) in [6.45, 7) is 6.20. The number of anilines is 1. The number of hydrogen-bond donors (Lipinski definition) is 2. The first-order valence-electron chi connectivity index (χ1n) is 6.58. The first kappa shape index (κ1) is 14.5. The van der Waals surface area contributed by atoms with Gasteiger partial charge in [-0.15, -0.1) is 0 Å². The maximum atomic E-state index is 5.81. The van der Waals surface area contributed by atoms with Gasteiger partial charge in [0.2, 0.25) is 0 Å². The number of nitrogens with two attached hydrogens (primary N) is 1. The minimum absolute atomic E-state index is 0.138. The highest BCUT2D eigenvalue weighted by atomic mass is 32.1. The number of rotatable bonds is 4. The Morgan fingerprint density at radius 3 is 2.55 bits per heavy atom. The van der Waals surface area contributed by atoms with Gasteiger partial charge in [0.1, 0.15) is 10.8 Å². The number of nitrogens with zero attached hydrogens (tertiary/aromatic N) is 1. The summed E-state index contributed by atoms with van der Waals surface area (Å²) < 4.78 is 0. The first-order chi connectivity index (χ1) is 9.50. The monoisotopic (exact) mass is 285 g/mol. The van der Waals surface area contributed by atoms with Crippen LogP contribution in [-0.4, -0.2) is 9.97 Å². The predicted molar refractivity (Wildman–Crippen MR) is 88.1 cm³/mol. The Labute approximate surface area is 125 Å². The molecule has 0 spiro atoms. The van der Waals surface area contributed by atoms with E-state index in [2.05, 4.69) is 36.3 Å². The summed E-state index contributed by atoms with van der Waals surface area (Å²) in [5, 5.41) is 3.41. The van der Waals surface area contributed by atoms with Crippen molar-refractivity contribution >= 4 is 23.0 Å². The minimum atomic E-state index is 0.138. The van der Waals surface area contributed by atoms with E-state index in [1.807, 2.05) is 25.1 Å². The molecule has 20 heavy (non-hydrogen) atoms. The highest BCUT2D eigenvalue weighted by Crippen LogP contribution is 2.24. The largest absolute Gasteiger partial charge is 0.389 e. The van der Waals surface area contributed by atoms with Gasteiger partial charge in [-0.1, -0.05) is 36.5 Å². The lowest BCUT2D eigenvalue weighted by atomic mass is 10.0. The number of thiocarbonyl (C=S) groups is 1. The van der Waals surface area contributed by atoms with Gasteiger partial charge in [0.05, 0.1) is 11.6 Å². The highest BCUT2D eigenvalue weighted by Gasteiger charge is 2.14. The van der Waals surface area contributed by atoms with Crippen molar-refractivity contribution in [2.45, 2.75) is 26.8 Å². The molecule has 0 fully saturated rings. The topological polar surface area (TPSA) is 50.9 Å². The number of benzene rings is 1. The molecule has 0 radical (unpaired) electrons. The van der Waals surface area contributed by atoms with E-state index in [4.69, 9.17) is 18.0 Å². The molecule has 0 aliphatic heterocycles. The van der Waals surface area contributed by atoms with Crippen molar-refractivity contribution in [2.24, 2.45) is 5.73 Å². The van der Waals surface area contributed by atoms with E-state index >= 15 is 0 Å². The fourth-order valence-electron chi connectivity index (χ4n) is 2.33. The molecule has 2 aromatic rings. The molecule has 1 atom stereocenters. The van der Waals surface area contributed by atoms with Gasteiger partial charge in [-0.3, -0.25) is 0 Å². The van der Waals surface area contributed by atoms with Crippen molar-refractivity contribution in [3.05, 3.63) is 58.8 Å². The van der Waals surface area contributed by atoms with E-state index in [1.165, 1.54) is 11.1 Å². The average Bonchev–Trinajstić information content (AvgIpc) is 2.38. The van der Waals surface area contributed by atoms with Crippen molar-refractivity contribution < 1.29 is 0 Å². The number of aromatic nitrogens is 1. The van der Waals surface area contributed by atoms with Gasteiger partial charge in [-0.25, -0.2) is 4.98 Å². The lowest BCUT2D eigenvalue weighted by Crippen LogP contribution is -2.18. The maximum Gasteiger partial charge on any atom is 0.136 e. The zero-order valence-corrected chi connectivity index (χ0v) is 12.8. The molecule has 0 saturated carbocycles. The molecule has 2 rings (SSSR count). The van der Waals surface area contributed by atoms with E-state index in [0.29, 0.717) is 4.99 Å². The van der Waals surface area contributed by atoms with Crippen LogP contribution in [0.1, 0.15) is 35.2 Å². The van der Waals surface area contributed by atoms with Crippen LogP contribution in [0.15, 0.2) is 36.5 Å². The van der Waals surface area contributed by atoms with E-state index in [0.717, 1.165) is 16.9 Å². The second-order valence-electron chi connectivity index (χ2n) is 4.94. The Kier molecular flexibility index (Phi) is 4.35. The molecule has 1 aromatic carbocycles. The van der Waals surface area contributed by atoms with Crippen LogP contribution in [0.2, 0.25) is 0 Å². The van der Waals surface area contributed by atoms with E-state index in [-0.39, 0.29) is 6.04 Å². The predicted octanol–water partition coefficient (Wildman–Crippen LogP) is 3.51. The fraction of sp³-hybridized carbons (Fsp3) is 0.250. The Bertz CT molecular complexity index is 637. The van der Waals surface area contributed by atoms with Gasteiger partial charge in [0, 0.05) is 6.20 Å². The van der Waals surface area contributed by atoms with E-state index in [1.54, 1.807) is 6.20 Å². The molecule has 1 heterocycles. The van der Waals surface area contributed by atoms with Crippen LogP contribution in [0.5, 0.6) is 0 Å². The maximum absolute atomic E-state index is 5.81. The molecule has 4 heteroatoms. The van der Waals surface area contributed by atoms with Crippen molar-refractivity contribution in [2.75, 3.05) is 5.32 Å². The van der Waals surface area contributed by atoms with Crippen molar-refractivity contribution in [1.82, 2.24) is 4.98 Å². The molecule has 1 unspecified atom stereocenters. The zero-order valence-electron chi connectivity index (χ0n) is 12.0. The third-order valence-electron chi connectivity index (χ3n) is 3.41. The molecule has 1 aromatic heterocycles. The second-order valence-corrected chi connectivity index (χ2v) is 5.38. The SMILES string of the molecule is Cc1ccccc1C(C)Nc1nccc(C)c1C(N)=S. The quantitative estimate of drug-likeness (QED) is 0.844. The fourth-order valence-corrected chi connectivity index (χ4v) is 2.59. The summed E-state index contributed by atoms with van der Waals surface area (Å²) in [5.41, 5.74) is 10.2. The van der Waals surface area contributed by atoms with Gasteiger partial charge in [0.25, 0.3) is 0 Å². The lowest BCUT2D eigenvalue weighted by molar-refractivity contribution is 0.863. The van der Waals surface area contributed by atoms with Gasteiger partial charge < -0.3 is 11.1 Å². The molecule has 0 saturated heterocycles. The third-order valence-corrected chi connectivity index (χ3v) is 3.62. The van der Waals surface area contributed by atoms with Crippen LogP contribution in [0.25, 0.3) is 0 Å². The molecule has 0 aliphatic rings. The Morgan fingerprint density at radius 2 is 1.90 bits per heavy atom. The van der Waals surface area contributed by atoms with Crippen LogP contribution < -0.4 is 11.1 Å². The van der Waals surface area contributed by atoms with Crippen LogP contribution in [0.3, 0.4) is 0 Å². The van der Waals surface area contributed by atoms with Crippen LogP contribution in [0, 0.1) is 13.8 Å². The van der Waals surface area contributed by atoms with Crippen LogP contribution in [-0.2, 0) is 0 Å². The Morgan fingerprint density at radius 1 is 1.20 bits per heavy atom. The van der Waals surface area contributed by atoms with Gasteiger partial charge in [0.15, 0.2) is 0 Å². The van der Waals surface area contributed by atoms with Crippen molar-refractivity contribution in [1.29, 1.82) is 0 Å². The summed E-state index contributed by atoms with van der Waals surface area (Å²) in [5.74, 6) is 0.744. The zero-order chi connectivity index (χ0) is 14.7. The first-order valence-corrected chi connectivity index (χ1v) is 6.99. The van der Waals surface area contributed by atoms with Crippen molar-refractivity contribution in [3.63, 3.8) is 0 Å². The Hall–Kier alpha value is -1.94.